The molecule has 2 amide bonds. The molecule has 2 saturated carbocycles. The number of hydrogen-bond acceptors (Lipinski definition) is 2. The Balaban J connectivity index is 1.39. The highest BCUT2D eigenvalue weighted by atomic mass is 16.2. The molecular weight excluding hydrogens is 288 g/mol. The molecule has 1 aromatic carbocycles. The molecule has 4 nitrogen and oxygen atoms in total. The highest BCUT2D eigenvalue weighted by Gasteiger charge is 2.53. The Morgan fingerprint density at radius 3 is 2.09 bits per heavy atom. The van der Waals surface area contributed by atoms with Crippen molar-refractivity contribution in [3.05, 3.63) is 35.9 Å². The van der Waals surface area contributed by atoms with Gasteiger partial charge in [0.15, 0.2) is 0 Å². The zero-order valence-corrected chi connectivity index (χ0v) is 13.7. The summed E-state index contributed by atoms with van der Waals surface area (Å²) in [4.78, 5) is 29.2. The number of benzene rings is 1. The van der Waals surface area contributed by atoms with Gasteiger partial charge < -0.3 is 9.80 Å². The fraction of sp³-hybridized carbons (Fsp3) is 0.579. The normalized spacial score (nSPS) is 28.4. The quantitative estimate of drug-likeness (QED) is 0.857. The van der Waals surface area contributed by atoms with Gasteiger partial charge >= 0.3 is 0 Å². The molecule has 1 aliphatic heterocycles. The molecular formula is C19H24N2O2. The molecule has 1 aromatic rings. The molecule has 0 spiro atoms. The summed E-state index contributed by atoms with van der Waals surface area (Å²) >= 11 is 0. The standard InChI is InChI=1S/C19H24N2O2/c1-14-13-16(14)17(22)20-9-11-21(12-10-20)18(23)19(7-8-19)15-5-3-2-4-6-15/h2-6,14,16H,7-13H2,1H3/t14-,16+/m1/s1. The Labute approximate surface area is 137 Å². The third kappa shape index (κ3) is 2.54. The van der Waals surface area contributed by atoms with E-state index in [4.69, 9.17) is 0 Å². The lowest BCUT2D eigenvalue weighted by molar-refractivity contribution is -0.141. The van der Waals surface area contributed by atoms with Gasteiger partial charge in [-0.15, -0.1) is 0 Å². The van der Waals surface area contributed by atoms with E-state index in [1.807, 2.05) is 28.0 Å². The molecule has 122 valence electrons. The second kappa shape index (κ2) is 5.36. The molecule has 4 rings (SSSR count). The van der Waals surface area contributed by atoms with Crippen molar-refractivity contribution in [1.82, 2.24) is 9.80 Å². The molecule has 0 radical (unpaired) electrons. The van der Waals surface area contributed by atoms with Gasteiger partial charge in [0.05, 0.1) is 5.41 Å². The van der Waals surface area contributed by atoms with E-state index in [9.17, 15) is 9.59 Å². The predicted octanol–water partition coefficient (Wildman–Crippen LogP) is 2.04. The van der Waals surface area contributed by atoms with Crippen LogP contribution in [0.25, 0.3) is 0 Å². The van der Waals surface area contributed by atoms with Crippen LogP contribution in [-0.2, 0) is 15.0 Å². The van der Waals surface area contributed by atoms with E-state index in [2.05, 4.69) is 19.1 Å². The van der Waals surface area contributed by atoms with Crippen molar-refractivity contribution < 1.29 is 9.59 Å². The van der Waals surface area contributed by atoms with Crippen molar-refractivity contribution >= 4 is 11.8 Å². The summed E-state index contributed by atoms with van der Waals surface area (Å²) in [5, 5.41) is 0. The number of hydrogen-bond donors (Lipinski definition) is 0. The average molecular weight is 312 g/mol. The van der Waals surface area contributed by atoms with Crippen LogP contribution in [0, 0.1) is 11.8 Å². The van der Waals surface area contributed by atoms with Gasteiger partial charge in [-0.3, -0.25) is 9.59 Å². The Morgan fingerprint density at radius 1 is 1.00 bits per heavy atom. The van der Waals surface area contributed by atoms with Crippen LogP contribution in [0.5, 0.6) is 0 Å². The molecule has 4 heteroatoms. The van der Waals surface area contributed by atoms with Crippen molar-refractivity contribution in [2.24, 2.45) is 11.8 Å². The molecule has 1 saturated heterocycles. The van der Waals surface area contributed by atoms with E-state index < -0.39 is 0 Å². The Bertz CT molecular complexity index is 616. The van der Waals surface area contributed by atoms with E-state index in [0.717, 1.165) is 24.8 Å². The number of piperazine rings is 1. The Hall–Kier alpha value is -1.84. The Morgan fingerprint density at radius 2 is 1.57 bits per heavy atom. The van der Waals surface area contributed by atoms with Crippen LogP contribution >= 0.6 is 0 Å². The highest BCUT2D eigenvalue weighted by molar-refractivity contribution is 5.91. The van der Waals surface area contributed by atoms with Crippen molar-refractivity contribution in [3.8, 4) is 0 Å². The van der Waals surface area contributed by atoms with E-state index in [1.165, 1.54) is 0 Å². The predicted molar refractivity (Wildman–Crippen MR) is 87.8 cm³/mol. The number of amides is 2. The molecule has 0 unspecified atom stereocenters. The maximum Gasteiger partial charge on any atom is 0.233 e. The van der Waals surface area contributed by atoms with Gasteiger partial charge in [0.25, 0.3) is 0 Å². The first-order valence-electron chi connectivity index (χ1n) is 8.75. The molecule has 2 atom stereocenters. The maximum atomic E-state index is 13.0. The maximum absolute atomic E-state index is 13.0. The van der Waals surface area contributed by atoms with E-state index in [0.29, 0.717) is 38.0 Å². The van der Waals surface area contributed by atoms with Crippen molar-refractivity contribution in [3.63, 3.8) is 0 Å². The average Bonchev–Trinajstić information content (AvgIpc) is 3.51. The first kappa shape index (κ1) is 14.7. The lowest BCUT2D eigenvalue weighted by Gasteiger charge is -2.37. The zero-order valence-electron chi connectivity index (χ0n) is 13.7. The van der Waals surface area contributed by atoms with E-state index >= 15 is 0 Å². The summed E-state index contributed by atoms with van der Waals surface area (Å²) in [6.07, 6.45) is 2.94. The van der Waals surface area contributed by atoms with Gasteiger partial charge in [0, 0.05) is 32.1 Å². The van der Waals surface area contributed by atoms with Crippen LogP contribution in [0.1, 0.15) is 31.7 Å². The second-order valence-corrected chi connectivity index (χ2v) is 7.39. The SMILES string of the molecule is C[C@@H]1C[C@@H]1C(=O)N1CCN(C(=O)C2(c3ccccc3)CC2)CC1. The molecule has 0 aromatic heterocycles. The summed E-state index contributed by atoms with van der Waals surface area (Å²) in [5.74, 6) is 1.36. The molecule has 0 N–H and O–H groups in total. The third-order valence-electron chi connectivity index (χ3n) is 5.79. The van der Waals surface area contributed by atoms with Crippen molar-refractivity contribution in [2.45, 2.75) is 31.6 Å². The topological polar surface area (TPSA) is 40.6 Å². The smallest absolute Gasteiger partial charge is 0.233 e. The van der Waals surface area contributed by atoms with E-state index in [-0.39, 0.29) is 17.2 Å². The van der Waals surface area contributed by atoms with Crippen LogP contribution in [0.4, 0.5) is 0 Å². The van der Waals surface area contributed by atoms with Gasteiger partial charge in [0.1, 0.15) is 0 Å². The number of carbonyl (C=O) groups excluding carboxylic acids is 2. The molecule has 0 bridgehead atoms. The van der Waals surface area contributed by atoms with E-state index in [1.54, 1.807) is 0 Å². The summed E-state index contributed by atoms with van der Waals surface area (Å²) in [6, 6.07) is 10.2. The number of rotatable bonds is 3. The van der Waals surface area contributed by atoms with Crippen LogP contribution in [0.2, 0.25) is 0 Å². The summed E-state index contributed by atoms with van der Waals surface area (Å²) in [6.45, 7) is 4.89. The lowest BCUT2D eigenvalue weighted by Crippen LogP contribution is -2.53. The van der Waals surface area contributed by atoms with Gasteiger partial charge in [-0.1, -0.05) is 37.3 Å². The number of nitrogens with zero attached hydrogens (tertiary/aromatic N) is 2. The van der Waals surface area contributed by atoms with Crippen LogP contribution in [-0.4, -0.2) is 47.8 Å². The molecule has 1 heterocycles. The molecule has 23 heavy (non-hydrogen) atoms. The minimum atomic E-state index is -0.279. The molecule has 2 aliphatic carbocycles. The van der Waals surface area contributed by atoms with Gasteiger partial charge in [-0.2, -0.15) is 0 Å². The van der Waals surface area contributed by atoms with Gasteiger partial charge in [-0.05, 0) is 30.7 Å². The lowest BCUT2D eigenvalue weighted by atomic mass is 9.94. The van der Waals surface area contributed by atoms with Crippen LogP contribution in [0.3, 0.4) is 0 Å². The fourth-order valence-corrected chi connectivity index (χ4v) is 3.84. The first-order chi connectivity index (χ1) is 11.1. The van der Waals surface area contributed by atoms with Gasteiger partial charge in [-0.25, -0.2) is 0 Å². The minimum Gasteiger partial charge on any atom is -0.339 e. The third-order valence-corrected chi connectivity index (χ3v) is 5.79. The zero-order chi connectivity index (χ0) is 16.0. The highest BCUT2D eigenvalue weighted by Crippen LogP contribution is 2.49. The van der Waals surface area contributed by atoms with Crippen molar-refractivity contribution in [1.29, 1.82) is 0 Å². The van der Waals surface area contributed by atoms with Crippen molar-refractivity contribution in [2.75, 3.05) is 26.2 Å². The van der Waals surface area contributed by atoms with Crippen LogP contribution < -0.4 is 0 Å². The monoisotopic (exact) mass is 312 g/mol. The summed E-state index contributed by atoms with van der Waals surface area (Å²) in [5.41, 5.74) is 0.869. The second-order valence-electron chi connectivity index (χ2n) is 7.39. The summed E-state index contributed by atoms with van der Waals surface area (Å²) < 4.78 is 0. The minimum absolute atomic E-state index is 0.247. The largest absolute Gasteiger partial charge is 0.339 e. The molecule has 3 fully saturated rings. The fourth-order valence-electron chi connectivity index (χ4n) is 3.84. The Kier molecular flexibility index (Phi) is 3.43. The van der Waals surface area contributed by atoms with Gasteiger partial charge in [0.2, 0.25) is 11.8 Å². The van der Waals surface area contributed by atoms with Crippen LogP contribution in [0.15, 0.2) is 30.3 Å². The molecule has 3 aliphatic rings. The summed E-state index contributed by atoms with van der Waals surface area (Å²) in [7, 11) is 0. The first-order valence-corrected chi connectivity index (χ1v) is 8.75. The number of carbonyl (C=O) groups is 2.